The minimum atomic E-state index is -0.722. The number of ether oxygens (including phenoxy) is 1. The van der Waals surface area contributed by atoms with Gasteiger partial charge in [0.05, 0.1) is 12.1 Å². The first kappa shape index (κ1) is 16.0. The first-order valence-electron chi connectivity index (χ1n) is 7.81. The van der Waals surface area contributed by atoms with E-state index in [1.54, 1.807) is 20.1 Å². The van der Waals surface area contributed by atoms with Crippen molar-refractivity contribution in [2.24, 2.45) is 0 Å². The molecule has 1 aliphatic carbocycles. The van der Waals surface area contributed by atoms with Gasteiger partial charge >= 0.3 is 0 Å². The number of methoxy groups -OCH3 is 1. The van der Waals surface area contributed by atoms with E-state index in [2.05, 4.69) is 10.3 Å². The Morgan fingerprint density at radius 1 is 1.43 bits per heavy atom. The number of halogens is 1. The zero-order chi connectivity index (χ0) is 16.6. The van der Waals surface area contributed by atoms with E-state index in [4.69, 9.17) is 4.74 Å². The van der Waals surface area contributed by atoms with E-state index in [9.17, 15) is 14.3 Å². The van der Waals surface area contributed by atoms with Gasteiger partial charge in [0.25, 0.3) is 5.91 Å². The molecule has 3 rings (SSSR count). The van der Waals surface area contributed by atoms with Crippen LogP contribution in [0.2, 0.25) is 0 Å². The van der Waals surface area contributed by atoms with Crippen molar-refractivity contribution in [3.63, 3.8) is 0 Å². The number of aliphatic hydroxyl groups excluding tert-OH is 1. The van der Waals surface area contributed by atoms with Crippen LogP contribution in [-0.2, 0) is 4.74 Å². The third-order valence-corrected chi connectivity index (χ3v) is 4.66. The lowest BCUT2D eigenvalue weighted by atomic mass is 9.90. The van der Waals surface area contributed by atoms with E-state index in [-0.39, 0.29) is 23.9 Å². The first-order chi connectivity index (χ1) is 11.0. The highest BCUT2D eigenvalue weighted by Gasteiger charge is 2.33. The minimum Gasteiger partial charge on any atom is -0.388 e. The Hall–Kier alpha value is -1.92. The molecule has 1 fully saturated rings. The number of aryl methyl sites for hydroxylation is 1. The van der Waals surface area contributed by atoms with Crippen molar-refractivity contribution in [1.29, 1.82) is 0 Å². The molecule has 3 N–H and O–H groups in total. The minimum absolute atomic E-state index is 0.257. The number of hydrogen-bond donors (Lipinski definition) is 3. The summed E-state index contributed by atoms with van der Waals surface area (Å²) in [4.78, 5) is 15.6. The zero-order valence-electron chi connectivity index (χ0n) is 13.2. The van der Waals surface area contributed by atoms with Crippen LogP contribution in [0.25, 0.3) is 10.9 Å². The summed E-state index contributed by atoms with van der Waals surface area (Å²) in [5.41, 5.74) is 1.82. The Morgan fingerprint density at radius 3 is 2.96 bits per heavy atom. The van der Waals surface area contributed by atoms with Crippen molar-refractivity contribution in [1.82, 2.24) is 10.3 Å². The first-order valence-corrected chi connectivity index (χ1v) is 7.81. The van der Waals surface area contributed by atoms with Crippen molar-refractivity contribution >= 4 is 16.8 Å². The number of aromatic nitrogens is 1. The standard InChI is InChI=1S/C17H21FN2O3/c1-9-11-8-10(18)6-7-12(11)19-15(9)17(22)20-13-4-3-5-14(23-2)16(13)21/h6-8,13-14,16,19,21H,3-5H2,1-2H3,(H,20,22)/t13-,14-,16-/m1/s1. The molecule has 23 heavy (non-hydrogen) atoms. The number of fused-ring (bicyclic) bond motifs is 1. The van der Waals surface area contributed by atoms with E-state index in [1.807, 2.05) is 0 Å². The monoisotopic (exact) mass is 320 g/mol. The second kappa shape index (κ2) is 6.29. The molecule has 3 atom stereocenters. The highest BCUT2D eigenvalue weighted by atomic mass is 19.1. The van der Waals surface area contributed by atoms with Gasteiger partial charge < -0.3 is 20.1 Å². The fraction of sp³-hybridized carbons (Fsp3) is 0.471. The Kier molecular flexibility index (Phi) is 4.37. The number of H-pyrrole nitrogens is 1. The molecule has 0 spiro atoms. The average molecular weight is 320 g/mol. The van der Waals surface area contributed by atoms with Crippen LogP contribution in [0.1, 0.15) is 35.3 Å². The third kappa shape index (κ3) is 2.96. The van der Waals surface area contributed by atoms with Crippen LogP contribution in [0.3, 0.4) is 0 Å². The second-order valence-electron chi connectivity index (χ2n) is 6.09. The number of benzene rings is 1. The lowest BCUT2D eigenvalue weighted by molar-refractivity contribution is -0.0513. The van der Waals surface area contributed by atoms with Gasteiger partial charge in [0, 0.05) is 18.0 Å². The topological polar surface area (TPSA) is 74.3 Å². The van der Waals surface area contributed by atoms with Crippen LogP contribution in [-0.4, -0.2) is 41.4 Å². The van der Waals surface area contributed by atoms with Gasteiger partial charge in [-0.25, -0.2) is 4.39 Å². The highest BCUT2D eigenvalue weighted by Crippen LogP contribution is 2.25. The lowest BCUT2D eigenvalue weighted by Gasteiger charge is -2.34. The predicted octanol–water partition coefficient (Wildman–Crippen LogP) is 2.27. The van der Waals surface area contributed by atoms with E-state index >= 15 is 0 Å². The molecule has 2 aromatic rings. The summed E-state index contributed by atoms with van der Waals surface area (Å²) in [5.74, 6) is -0.628. The van der Waals surface area contributed by atoms with Gasteiger partial charge in [-0.2, -0.15) is 0 Å². The molecule has 1 saturated carbocycles. The molecule has 1 amide bonds. The van der Waals surface area contributed by atoms with Crippen molar-refractivity contribution in [3.05, 3.63) is 35.3 Å². The normalized spacial score (nSPS) is 24.8. The molecule has 1 aromatic heterocycles. The molecule has 1 aliphatic rings. The number of hydrogen-bond acceptors (Lipinski definition) is 3. The number of rotatable bonds is 3. The van der Waals surface area contributed by atoms with Gasteiger partial charge in [-0.3, -0.25) is 4.79 Å². The molecule has 124 valence electrons. The Bertz CT molecular complexity index is 728. The fourth-order valence-electron chi connectivity index (χ4n) is 3.32. The smallest absolute Gasteiger partial charge is 0.268 e. The average Bonchev–Trinajstić information content (AvgIpc) is 2.86. The SMILES string of the molecule is CO[C@@H]1CCC[C@@H](NC(=O)c2[nH]c3ccc(F)cc3c2C)[C@H]1O. The van der Waals surface area contributed by atoms with Crippen LogP contribution in [0, 0.1) is 12.7 Å². The molecular weight excluding hydrogens is 299 g/mol. The summed E-state index contributed by atoms with van der Waals surface area (Å²) >= 11 is 0. The maximum absolute atomic E-state index is 13.4. The molecule has 0 saturated heterocycles. The molecular formula is C17H21FN2O3. The van der Waals surface area contributed by atoms with Gasteiger partial charge in [0.15, 0.2) is 0 Å². The van der Waals surface area contributed by atoms with Crippen molar-refractivity contribution in [2.75, 3.05) is 7.11 Å². The predicted molar refractivity (Wildman–Crippen MR) is 84.9 cm³/mol. The molecule has 0 radical (unpaired) electrons. The summed E-state index contributed by atoms with van der Waals surface area (Å²) in [7, 11) is 1.56. The van der Waals surface area contributed by atoms with Crippen LogP contribution >= 0.6 is 0 Å². The second-order valence-corrected chi connectivity index (χ2v) is 6.09. The maximum Gasteiger partial charge on any atom is 0.268 e. The molecule has 0 unspecified atom stereocenters. The van der Waals surface area contributed by atoms with Crippen molar-refractivity contribution in [2.45, 2.75) is 44.4 Å². The number of amides is 1. The maximum atomic E-state index is 13.4. The van der Waals surface area contributed by atoms with Crippen molar-refractivity contribution < 1.29 is 19.0 Å². The molecule has 0 bridgehead atoms. The molecule has 6 heteroatoms. The Morgan fingerprint density at radius 2 is 2.22 bits per heavy atom. The zero-order valence-corrected chi connectivity index (χ0v) is 13.2. The summed E-state index contributed by atoms with van der Waals surface area (Å²) < 4.78 is 18.6. The van der Waals surface area contributed by atoms with Gasteiger partial charge in [-0.1, -0.05) is 0 Å². The summed E-state index contributed by atoms with van der Waals surface area (Å²) in [5, 5.41) is 13.8. The number of aromatic amines is 1. The summed E-state index contributed by atoms with van der Waals surface area (Å²) in [6, 6.07) is 4.04. The summed E-state index contributed by atoms with van der Waals surface area (Å²) in [6.45, 7) is 1.78. The van der Waals surface area contributed by atoms with Crippen LogP contribution in [0.5, 0.6) is 0 Å². The largest absolute Gasteiger partial charge is 0.388 e. The quantitative estimate of drug-likeness (QED) is 0.812. The van der Waals surface area contributed by atoms with E-state index in [1.165, 1.54) is 12.1 Å². The van der Waals surface area contributed by atoms with E-state index < -0.39 is 6.10 Å². The van der Waals surface area contributed by atoms with Crippen molar-refractivity contribution in [3.8, 4) is 0 Å². The molecule has 5 nitrogen and oxygen atoms in total. The van der Waals surface area contributed by atoms with Crippen LogP contribution in [0.15, 0.2) is 18.2 Å². The fourth-order valence-corrected chi connectivity index (χ4v) is 3.32. The Labute approximate surface area is 133 Å². The number of aliphatic hydroxyl groups is 1. The molecule has 1 heterocycles. The molecule has 0 aliphatic heterocycles. The third-order valence-electron chi connectivity index (χ3n) is 4.66. The number of nitrogens with one attached hydrogen (secondary N) is 2. The van der Waals surface area contributed by atoms with Crippen LogP contribution in [0.4, 0.5) is 4.39 Å². The number of carbonyl (C=O) groups excluding carboxylic acids is 1. The highest BCUT2D eigenvalue weighted by molar-refractivity contribution is 6.01. The van der Waals surface area contributed by atoms with Crippen LogP contribution < -0.4 is 5.32 Å². The van der Waals surface area contributed by atoms with Gasteiger partial charge in [0.2, 0.25) is 0 Å². The van der Waals surface area contributed by atoms with E-state index in [0.29, 0.717) is 28.6 Å². The van der Waals surface area contributed by atoms with Gasteiger partial charge in [-0.15, -0.1) is 0 Å². The van der Waals surface area contributed by atoms with E-state index in [0.717, 1.165) is 12.8 Å². The van der Waals surface area contributed by atoms with Gasteiger partial charge in [-0.05, 0) is 49.9 Å². The number of carbonyl (C=O) groups is 1. The Balaban J connectivity index is 1.82. The van der Waals surface area contributed by atoms with Gasteiger partial charge in [0.1, 0.15) is 17.6 Å². The summed E-state index contributed by atoms with van der Waals surface area (Å²) in [6.07, 6.45) is 1.40. The lowest BCUT2D eigenvalue weighted by Crippen LogP contribution is -2.51. The molecule has 1 aromatic carbocycles.